The average Bonchev–Trinajstić information content (AvgIpc) is 2.94. The molecule has 2 unspecified atom stereocenters. The van der Waals surface area contributed by atoms with Crippen LogP contribution in [0.1, 0.15) is 28.7 Å². The van der Waals surface area contributed by atoms with E-state index in [9.17, 15) is 5.11 Å². The predicted molar refractivity (Wildman–Crippen MR) is 89.8 cm³/mol. The molecule has 2 nitrogen and oxygen atoms in total. The van der Waals surface area contributed by atoms with E-state index in [1.165, 1.54) is 10.3 Å². The first-order valence-electron chi connectivity index (χ1n) is 7.11. The largest absolute Gasteiger partial charge is 0.388 e. The molecule has 0 aliphatic rings. The third-order valence-corrected chi connectivity index (χ3v) is 4.95. The van der Waals surface area contributed by atoms with Crippen LogP contribution in [-0.4, -0.2) is 11.7 Å². The second-order valence-corrected chi connectivity index (χ2v) is 6.30. The summed E-state index contributed by atoms with van der Waals surface area (Å²) in [5.41, 5.74) is 9.22. The van der Waals surface area contributed by atoms with E-state index < -0.39 is 6.10 Å². The maximum Gasteiger partial charge on any atom is 0.0884 e. The van der Waals surface area contributed by atoms with E-state index in [2.05, 4.69) is 43.3 Å². The third kappa shape index (κ3) is 2.72. The first-order chi connectivity index (χ1) is 10.2. The van der Waals surface area contributed by atoms with Gasteiger partial charge in [0.1, 0.15) is 0 Å². The molecule has 3 aromatic rings. The third-order valence-electron chi connectivity index (χ3n) is 3.97. The summed E-state index contributed by atoms with van der Waals surface area (Å²) in [6, 6.07) is 16.4. The summed E-state index contributed by atoms with van der Waals surface area (Å²) in [5, 5.41) is 14.0. The van der Waals surface area contributed by atoms with Crippen LogP contribution in [0.2, 0.25) is 0 Å². The molecular formula is C18H19NOS. The quantitative estimate of drug-likeness (QED) is 0.765. The zero-order valence-corrected chi connectivity index (χ0v) is 12.8. The summed E-state index contributed by atoms with van der Waals surface area (Å²) in [6.07, 6.45) is -0.575. The van der Waals surface area contributed by atoms with Gasteiger partial charge in [-0.05, 0) is 34.9 Å². The van der Waals surface area contributed by atoms with Crippen LogP contribution in [0, 0.1) is 6.92 Å². The van der Waals surface area contributed by atoms with Crippen molar-refractivity contribution in [2.45, 2.75) is 18.9 Å². The van der Waals surface area contributed by atoms with Crippen molar-refractivity contribution < 1.29 is 5.11 Å². The van der Waals surface area contributed by atoms with Crippen molar-refractivity contribution in [3.8, 4) is 0 Å². The summed E-state index contributed by atoms with van der Waals surface area (Å²) in [4.78, 5) is 0. The van der Waals surface area contributed by atoms with E-state index >= 15 is 0 Å². The lowest BCUT2D eigenvalue weighted by Crippen LogP contribution is -2.20. The Morgan fingerprint density at radius 3 is 2.52 bits per heavy atom. The number of aryl methyl sites for hydroxylation is 1. The highest BCUT2D eigenvalue weighted by molar-refractivity contribution is 7.17. The topological polar surface area (TPSA) is 46.2 Å². The minimum Gasteiger partial charge on any atom is -0.388 e. The molecule has 0 radical (unpaired) electrons. The highest BCUT2D eigenvalue weighted by Gasteiger charge is 2.23. The molecule has 0 spiro atoms. The van der Waals surface area contributed by atoms with Crippen molar-refractivity contribution >= 4 is 21.4 Å². The zero-order valence-electron chi connectivity index (χ0n) is 12.0. The number of rotatable bonds is 4. The predicted octanol–water partition coefficient (Wildman–Crippen LogP) is 3.99. The van der Waals surface area contributed by atoms with E-state index in [0.717, 1.165) is 16.5 Å². The van der Waals surface area contributed by atoms with Crippen LogP contribution in [0.5, 0.6) is 0 Å². The molecular weight excluding hydrogens is 278 g/mol. The van der Waals surface area contributed by atoms with Crippen LogP contribution in [0.15, 0.2) is 53.9 Å². The minimum atomic E-state index is -0.575. The highest BCUT2D eigenvalue weighted by atomic mass is 32.1. The number of nitrogens with two attached hydrogens (primary N) is 1. The summed E-state index contributed by atoms with van der Waals surface area (Å²) in [5.74, 6) is -0.0800. The van der Waals surface area contributed by atoms with Crippen molar-refractivity contribution in [2.75, 3.05) is 6.54 Å². The van der Waals surface area contributed by atoms with Gasteiger partial charge in [-0.15, -0.1) is 11.3 Å². The van der Waals surface area contributed by atoms with Crippen molar-refractivity contribution in [1.29, 1.82) is 0 Å². The number of hydrogen-bond donors (Lipinski definition) is 2. The summed E-state index contributed by atoms with van der Waals surface area (Å²) in [6.45, 7) is 2.48. The Bertz CT molecular complexity index is 732. The molecule has 0 amide bonds. The fourth-order valence-electron chi connectivity index (χ4n) is 2.71. The number of fused-ring (bicyclic) bond motifs is 1. The average molecular weight is 297 g/mol. The van der Waals surface area contributed by atoms with Gasteiger partial charge in [-0.2, -0.15) is 0 Å². The smallest absolute Gasteiger partial charge is 0.0884 e. The molecule has 1 heterocycles. The number of benzene rings is 2. The van der Waals surface area contributed by atoms with Gasteiger partial charge in [0.2, 0.25) is 0 Å². The molecule has 3 N–H and O–H groups in total. The van der Waals surface area contributed by atoms with Crippen molar-refractivity contribution in [1.82, 2.24) is 0 Å². The Hall–Kier alpha value is -1.68. The zero-order chi connectivity index (χ0) is 14.8. The van der Waals surface area contributed by atoms with Gasteiger partial charge in [0, 0.05) is 17.2 Å². The SMILES string of the molecule is Cc1ccc(C(CN)C(O)c2csc3ccccc23)cc1. The van der Waals surface area contributed by atoms with Gasteiger partial charge in [0.25, 0.3) is 0 Å². The lowest BCUT2D eigenvalue weighted by molar-refractivity contribution is 0.149. The Labute approximate surface area is 128 Å². The van der Waals surface area contributed by atoms with E-state index in [4.69, 9.17) is 5.73 Å². The van der Waals surface area contributed by atoms with E-state index in [0.29, 0.717) is 6.54 Å². The maximum atomic E-state index is 10.8. The standard InChI is InChI=1S/C18H19NOS/c1-12-6-8-13(9-7-12)15(10-19)18(20)16-11-21-17-5-3-2-4-14(16)17/h2-9,11,15,18,20H,10,19H2,1H3. The van der Waals surface area contributed by atoms with Gasteiger partial charge in [-0.1, -0.05) is 48.0 Å². The molecule has 0 fully saturated rings. The first-order valence-corrected chi connectivity index (χ1v) is 7.99. The molecule has 0 bridgehead atoms. The second kappa shape index (κ2) is 5.98. The van der Waals surface area contributed by atoms with Gasteiger partial charge in [-0.25, -0.2) is 0 Å². The van der Waals surface area contributed by atoms with Crippen molar-refractivity contribution in [2.24, 2.45) is 5.73 Å². The van der Waals surface area contributed by atoms with E-state index in [1.54, 1.807) is 11.3 Å². The van der Waals surface area contributed by atoms with Crippen LogP contribution >= 0.6 is 11.3 Å². The van der Waals surface area contributed by atoms with Crippen LogP contribution < -0.4 is 5.73 Å². The number of thiophene rings is 1. The van der Waals surface area contributed by atoms with Gasteiger partial charge < -0.3 is 10.8 Å². The van der Waals surface area contributed by atoms with Gasteiger partial charge in [0.15, 0.2) is 0 Å². The van der Waals surface area contributed by atoms with E-state index in [1.807, 2.05) is 17.5 Å². The summed E-state index contributed by atoms with van der Waals surface area (Å²) in [7, 11) is 0. The second-order valence-electron chi connectivity index (χ2n) is 5.38. The molecule has 3 rings (SSSR count). The van der Waals surface area contributed by atoms with Crippen LogP contribution in [0.4, 0.5) is 0 Å². The molecule has 0 aliphatic heterocycles. The molecule has 1 aromatic heterocycles. The Balaban J connectivity index is 1.98. The Morgan fingerprint density at radius 2 is 1.81 bits per heavy atom. The number of aliphatic hydroxyl groups is 1. The summed E-state index contributed by atoms with van der Waals surface area (Å²) >= 11 is 1.67. The van der Waals surface area contributed by atoms with Gasteiger partial charge >= 0.3 is 0 Å². The molecule has 3 heteroatoms. The molecule has 108 valence electrons. The fraction of sp³-hybridized carbons (Fsp3) is 0.222. The Kier molecular flexibility index (Phi) is 4.06. The lowest BCUT2D eigenvalue weighted by Gasteiger charge is -2.22. The van der Waals surface area contributed by atoms with Gasteiger partial charge in [0.05, 0.1) is 6.10 Å². The molecule has 0 saturated carbocycles. The maximum absolute atomic E-state index is 10.8. The molecule has 0 saturated heterocycles. The molecule has 0 aliphatic carbocycles. The van der Waals surface area contributed by atoms with E-state index in [-0.39, 0.29) is 5.92 Å². The van der Waals surface area contributed by atoms with Crippen LogP contribution in [0.3, 0.4) is 0 Å². The molecule has 2 aromatic carbocycles. The van der Waals surface area contributed by atoms with Crippen LogP contribution in [-0.2, 0) is 0 Å². The highest BCUT2D eigenvalue weighted by Crippen LogP contribution is 2.37. The number of aliphatic hydroxyl groups excluding tert-OH is 1. The Morgan fingerprint density at radius 1 is 1.10 bits per heavy atom. The van der Waals surface area contributed by atoms with Crippen LogP contribution in [0.25, 0.3) is 10.1 Å². The number of hydrogen-bond acceptors (Lipinski definition) is 3. The van der Waals surface area contributed by atoms with Gasteiger partial charge in [-0.3, -0.25) is 0 Å². The first kappa shape index (κ1) is 14.3. The molecule has 2 atom stereocenters. The lowest BCUT2D eigenvalue weighted by atomic mass is 9.88. The minimum absolute atomic E-state index is 0.0800. The molecule has 21 heavy (non-hydrogen) atoms. The van der Waals surface area contributed by atoms with Crippen molar-refractivity contribution in [3.63, 3.8) is 0 Å². The summed E-state index contributed by atoms with van der Waals surface area (Å²) < 4.78 is 1.20. The fourth-order valence-corrected chi connectivity index (χ4v) is 3.70. The van der Waals surface area contributed by atoms with Crippen molar-refractivity contribution in [3.05, 3.63) is 70.6 Å². The normalized spacial score (nSPS) is 14.2. The monoisotopic (exact) mass is 297 g/mol.